The van der Waals surface area contributed by atoms with E-state index in [9.17, 15) is 0 Å². The van der Waals surface area contributed by atoms with Crippen molar-refractivity contribution in [1.29, 1.82) is 0 Å². The van der Waals surface area contributed by atoms with Crippen LogP contribution >= 0.6 is 11.6 Å². The van der Waals surface area contributed by atoms with E-state index in [-0.39, 0.29) is 0 Å². The summed E-state index contributed by atoms with van der Waals surface area (Å²) in [4.78, 5) is 4.99. The van der Waals surface area contributed by atoms with E-state index in [1.165, 1.54) is 38.3 Å². The molecule has 16 heavy (non-hydrogen) atoms. The Balaban J connectivity index is 1.87. The molecule has 1 aromatic rings. The fourth-order valence-electron chi connectivity index (χ4n) is 2.16. The van der Waals surface area contributed by atoms with E-state index in [0.29, 0.717) is 0 Å². The Morgan fingerprint density at radius 3 is 2.44 bits per heavy atom. The summed E-state index contributed by atoms with van der Waals surface area (Å²) in [5.41, 5.74) is 1.32. The minimum Gasteiger partial charge on any atom is -0.301 e. The molecule has 0 radical (unpaired) electrons. The van der Waals surface area contributed by atoms with Crippen LogP contribution in [0.15, 0.2) is 24.3 Å². The number of halogens is 1. The molecule has 0 aromatic heterocycles. The first kappa shape index (κ1) is 11.9. The first-order valence-electron chi connectivity index (χ1n) is 5.97. The fourth-order valence-corrected chi connectivity index (χ4v) is 2.37. The molecule has 0 spiro atoms. The zero-order valence-electron chi connectivity index (χ0n) is 9.82. The smallest absolute Gasteiger partial charge is 0.0409 e. The molecule has 2 nitrogen and oxygen atoms in total. The van der Waals surface area contributed by atoms with Crippen molar-refractivity contribution in [3.05, 3.63) is 34.9 Å². The van der Waals surface area contributed by atoms with Gasteiger partial charge in [-0.15, -0.1) is 0 Å². The summed E-state index contributed by atoms with van der Waals surface area (Å²) in [7, 11) is 0. The Morgan fingerprint density at radius 2 is 1.81 bits per heavy atom. The molecule has 1 saturated heterocycles. The highest BCUT2D eigenvalue weighted by Crippen LogP contribution is 2.13. The van der Waals surface area contributed by atoms with Gasteiger partial charge in [0.1, 0.15) is 0 Å². The van der Waals surface area contributed by atoms with Crippen molar-refractivity contribution >= 4 is 11.6 Å². The number of hydrogen-bond acceptors (Lipinski definition) is 2. The molecule has 1 heterocycles. The van der Waals surface area contributed by atoms with E-state index >= 15 is 0 Å². The Kier molecular flexibility index (Phi) is 4.22. The third kappa shape index (κ3) is 3.21. The summed E-state index contributed by atoms with van der Waals surface area (Å²) in [5, 5.41) is 0.838. The SMILES string of the molecule is CCN1CCN(Cc2cccc(Cl)c2)CC1. The van der Waals surface area contributed by atoms with Gasteiger partial charge < -0.3 is 4.90 Å². The third-order valence-corrected chi connectivity index (χ3v) is 3.44. The predicted octanol–water partition coefficient (Wildman–Crippen LogP) is 2.48. The minimum atomic E-state index is 0.838. The number of rotatable bonds is 3. The fraction of sp³-hybridized carbons (Fsp3) is 0.538. The number of hydrogen-bond donors (Lipinski definition) is 0. The standard InChI is InChI=1S/C13H19ClN2/c1-2-15-6-8-16(9-7-15)11-12-4-3-5-13(14)10-12/h3-5,10H,2,6-9,11H2,1H3. The van der Waals surface area contributed by atoms with Gasteiger partial charge in [0.2, 0.25) is 0 Å². The molecular formula is C13H19ClN2. The van der Waals surface area contributed by atoms with Crippen molar-refractivity contribution in [3.63, 3.8) is 0 Å². The second kappa shape index (κ2) is 5.67. The summed E-state index contributed by atoms with van der Waals surface area (Å²) in [6, 6.07) is 8.17. The lowest BCUT2D eigenvalue weighted by atomic mass is 10.2. The van der Waals surface area contributed by atoms with Gasteiger partial charge in [0.25, 0.3) is 0 Å². The molecule has 0 atom stereocenters. The van der Waals surface area contributed by atoms with Crippen molar-refractivity contribution in [1.82, 2.24) is 9.80 Å². The lowest BCUT2D eigenvalue weighted by Crippen LogP contribution is -2.45. The Bertz CT molecular complexity index is 332. The summed E-state index contributed by atoms with van der Waals surface area (Å²) in [6.45, 7) is 9.14. The van der Waals surface area contributed by atoms with E-state index in [1.54, 1.807) is 0 Å². The summed E-state index contributed by atoms with van der Waals surface area (Å²) in [5.74, 6) is 0. The maximum atomic E-state index is 5.98. The molecule has 1 aliphatic heterocycles. The molecular weight excluding hydrogens is 220 g/mol. The topological polar surface area (TPSA) is 6.48 Å². The molecule has 0 unspecified atom stereocenters. The Hall–Kier alpha value is -0.570. The van der Waals surface area contributed by atoms with Crippen molar-refractivity contribution in [2.24, 2.45) is 0 Å². The van der Waals surface area contributed by atoms with Crippen LogP contribution in [0.1, 0.15) is 12.5 Å². The van der Waals surface area contributed by atoms with Crippen LogP contribution in [0.25, 0.3) is 0 Å². The van der Waals surface area contributed by atoms with Gasteiger partial charge in [0, 0.05) is 37.7 Å². The predicted molar refractivity (Wildman–Crippen MR) is 68.8 cm³/mol. The molecule has 1 aliphatic rings. The van der Waals surface area contributed by atoms with Crippen molar-refractivity contribution in [3.8, 4) is 0 Å². The van der Waals surface area contributed by atoms with Crippen LogP contribution in [0.2, 0.25) is 5.02 Å². The van der Waals surface area contributed by atoms with Crippen LogP contribution in [0.5, 0.6) is 0 Å². The molecule has 88 valence electrons. The van der Waals surface area contributed by atoms with Crippen LogP contribution in [-0.2, 0) is 6.54 Å². The zero-order valence-corrected chi connectivity index (χ0v) is 10.6. The molecule has 0 N–H and O–H groups in total. The first-order valence-corrected chi connectivity index (χ1v) is 6.35. The number of piperazine rings is 1. The molecule has 0 bridgehead atoms. The summed E-state index contributed by atoms with van der Waals surface area (Å²) >= 11 is 5.98. The molecule has 1 fully saturated rings. The molecule has 0 amide bonds. The Labute approximate surface area is 103 Å². The van der Waals surface area contributed by atoms with Crippen LogP contribution in [-0.4, -0.2) is 42.5 Å². The van der Waals surface area contributed by atoms with Crippen molar-refractivity contribution < 1.29 is 0 Å². The van der Waals surface area contributed by atoms with Gasteiger partial charge in [-0.25, -0.2) is 0 Å². The average molecular weight is 239 g/mol. The van der Waals surface area contributed by atoms with Gasteiger partial charge in [-0.05, 0) is 24.2 Å². The molecule has 3 heteroatoms. The Morgan fingerprint density at radius 1 is 1.12 bits per heavy atom. The second-order valence-electron chi connectivity index (χ2n) is 4.34. The van der Waals surface area contributed by atoms with Crippen LogP contribution in [0, 0.1) is 0 Å². The van der Waals surface area contributed by atoms with E-state index in [2.05, 4.69) is 28.9 Å². The maximum absolute atomic E-state index is 5.98. The van der Waals surface area contributed by atoms with Gasteiger partial charge in [0.05, 0.1) is 0 Å². The quantitative estimate of drug-likeness (QED) is 0.799. The lowest BCUT2D eigenvalue weighted by molar-refractivity contribution is 0.132. The van der Waals surface area contributed by atoms with Crippen LogP contribution in [0.4, 0.5) is 0 Å². The number of nitrogens with zero attached hydrogens (tertiary/aromatic N) is 2. The highest BCUT2D eigenvalue weighted by atomic mass is 35.5. The van der Waals surface area contributed by atoms with Crippen molar-refractivity contribution in [2.75, 3.05) is 32.7 Å². The van der Waals surface area contributed by atoms with Crippen LogP contribution in [0.3, 0.4) is 0 Å². The summed E-state index contributed by atoms with van der Waals surface area (Å²) in [6.07, 6.45) is 0. The van der Waals surface area contributed by atoms with E-state index in [1.807, 2.05) is 12.1 Å². The molecule has 2 rings (SSSR count). The molecule has 0 saturated carbocycles. The van der Waals surface area contributed by atoms with Crippen LogP contribution < -0.4 is 0 Å². The number of benzene rings is 1. The van der Waals surface area contributed by atoms with Gasteiger partial charge in [0.15, 0.2) is 0 Å². The third-order valence-electron chi connectivity index (χ3n) is 3.21. The van der Waals surface area contributed by atoms with Gasteiger partial charge >= 0.3 is 0 Å². The second-order valence-corrected chi connectivity index (χ2v) is 4.78. The summed E-state index contributed by atoms with van der Waals surface area (Å²) < 4.78 is 0. The van der Waals surface area contributed by atoms with E-state index in [0.717, 1.165) is 11.6 Å². The van der Waals surface area contributed by atoms with E-state index < -0.39 is 0 Å². The average Bonchev–Trinajstić information content (AvgIpc) is 2.30. The highest BCUT2D eigenvalue weighted by molar-refractivity contribution is 6.30. The van der Waals surface area contributed by atoms with Gasteiger partial charge in [-0.1, -0.05) is 30.7 Å². The van der Waals surface area contributed by atoms with E-state index in [4.69, 9.17) is 11.6 Å². The van der Waals surface area contributed by atoms with Gasteiger partial charge in [-0.3, -0.25) is 4.90 Å². The normalized spacial score (nSPS) is 18.9. The van der Waals surface area contributed by atoms with Gasteiger partial charge in [-0.2, -0.15) is 0 Å². The monoisotopic (exact) mass is 238 g/mol. The number of likely N-dealkylation sites (N-methyl/N-ethyl adjacent to an activating group) is 1. The maximum Gasteiger partial charge on any atom is 0.0409 e. The lowest BCUT2D eigenvalue weighted by Gasteiger charge is -2.34. The highest BCUT2D eigenvalue weighted by Gasteiger charge is 2.15. The molecule has 0 aliphatic carbocycles. The zero-order chi connectivity index (χ0) is 11.4. The first-order chi connectivity index (χ1) is 7.78. The largest absolute Gasteiger partial charge is 0.301 e. The van der Waals surface area contributed by atoms with Crippen molar-refractivity contribution in [2.45, 2.75) is 13.5 Å². The minimum absolute atomic E-state index is 0.838. The molecule has 1 aromatic carbocycles.